The molecule has 0 spiro atoms. The first-order chi connectivity index (χ1) is 5.36. The third kappa shape index (κ3) is 1.000. The van der Waals surface area contributed by atoms with Gasteiger partial charge in [-0.1, -0.05) is 0 Å². The summed E-state index contributed by atoms with van der Waals surface area (Å²) in [4.78, 5) is 4.04. The van der Waals surface area contributed by atoms with Crippen LogP contribution in [0.2, 0.25) is 0 Å². The van der Waals surface area contributed by atoms with Gasteiger partial charge in [0.05, 0.1) is 0 Å². The molecule has 0 fully saturated rings. The molecule has 56 valence electrons. The molecule has 11 heavy (non-hydrogen) atoms. The summed E-state index contributed by atoms with van der Waals surface area (Å²) in [5.74, 6) is 0.671. The van der Waals surface area contributed by atoms with Gasteiger partial charge in [0, 0.05) is 13.2 Å². The second kappa shape index (κ2) is 2.19. The minimum absolute atomic E-state index is 0.671. The molecule has 0 saturated carbocycles. The van der Waals surface area contributed by atoms with Gasteiger partial charge in [0.15, 0.2) is 5.82 Å². The third-order valence-electron chi connectivity index (χ3n) is 1.34. The van der Waals surface area contributed by atoms with E-state index in [0.29, 0.717) is 5.82 Å². The zero-order valence-corrected chi connectivity index (χ0v) is 6.02. The lowest BCUT2D eigenvalue weighted by Gasteiger charge is -1.84. The van der Waals surface area contributed by atoms with Crippen LogP contribution in [0.5, 0.6) is 0 Å². The first-order valence-electron chi connectivity index (χ1n) is 3.21. The summed E-state index contributed by atoms with van der Waals surface area (Å²) < 4.78 is 1.65. The molecule has 0 amide bonds. The van der Waals surface area contributed by atoms with Crippen molar-refractivity contribution in [1.82, 2.24) is 25.0 Å². The Balaban J connectivity index is 2.45. The molecule has 0 radical (unpaired) electrons. The van der Waals surface area contributed by atoms with Crippen molar-refractivity contribution in [3.63, 3.8) is 0 Å². The summed E-state index contributed by atoms with van der Waals surface area (Å²) in [5.41, 5.74) is 0.839. The lowest BCUT2D eigenvalue weighted by atomic mass is 10.4. The van der Waals surface area contributed by atoms with Gasteiger partial charge in [-0.25, -0.2) is 4.98 Å². The van der Waals surface area contributed by atoms with Crippen LogP contribution in [0.25, 0.3) is 11.5 Å². The Morgan fingerprint density at radius 2 is 2.45 bits per heavy atom. The normalized spacial score (nSPS) is 10.3. The minimum atomic E-state index is 0.671. The van der Waals surface area contributed by atoms with E-state index in [-0.39, 0.29) is 0 Å². The average molecular weight is 149 g/mol. The van der Waals surface area contributed by atoms with Crippen molar-refractivity contribution in [2.45, 2.75) is 0 Å². The van der Waals surface area contributed by atoms with Gasteiger partial charge in [-0.05, 0) is 6.07 Å². The highest BCUT2D eigenvalue weighted by atomic mass is 15.3. The maximum Gasteiger partial charge on any atom is 0.199 e. The molecule has 2 heterocycles. The molecule has 0 saturated heterocycles. The van der Waals surface area contributed by atoms with Crippen molar-refractivity contribution < 1.29 is 0 Å². The van der Waals surface area contributed by atoms with Gasteiger partial charge < -0.3 is 0 Å². The predicted molar refractivity (Wildman–Crippen MR) is 38.6 cm³/mol. The van der Waals surface area contributed by atoms with E-state index in [2.05, 4.69) is 20.3 Å². The van der Waals surface area contributed by atoms with Crippen LogP contribution in [0.1, 0.15) is 0 Å². The molecule has 2 rings (SSSR count). The molecule has 2 aromatic rings. The van der Waals surface area contributed by atoms with E-state index in [1.54, 1.807) is 17.2 Å². The Labute approximate surface area is 63.1 Å². The summed E-state index contributed by atoms with van der Waals surface area (Å²) in [6.45, 7) is 0. The molecule has 0 aromatic carbocycles. The number of hydrogen-bond donors (Lipinski definition) is 1. The maximum absolute atomic E-state index is 4.09. The number of nitrogens with one attached hydrogen (secondary N) is 1. The molecule has 0 aliphatic heterocycles. The van der Waals surface area contributed by atoms with Crippen LogP contribution in [0.3, 0.4) is 0 Å². The van der Waals surface area contributed by atoms with Crippen LogP contribution >= 0.6 is 0 Å². The molecule has 0 atom stereocenters. The summed E-state index contributed by atoms with van der Waals surface area (Å²) in [6, 6.07) is 1.83. The average Bonchev–Trinajstić information content (AvgIpc) is 2.55. The van der Waals surface area contributed by atoms with Crippen molar-refractivity contribution in [2.75, 3.05) is 0 Å². The van der Waals surface area contributed by atoms with Gasteiger partial charge in [0.25, 0.3) is 0 Å². The number of rotatable bonds is 1. The van der Waals surface area contributed by atoms with E-state index in [9.17, 15) is 0 Å². The molecular weight excluding hydrogens is 142 g/mol. The van der Waals surface area contributed by atoms with Gasteiger partial charge in [-0.2, -0.15) is 5.10 Å². The molecule has 1 N–H and O–H groups in total. The number of aromatic nitrogens is 5. The Morgan fingerprint density at radius 1 is 1.55 bits per heavy atom. The van der Waals surface area contributed by atoms with Crippen molar-refractivity contribution in [2.24, 2.45) is 7.05 Å². The molecule has 2 aromatic heterocycles. The lowest BCUT2D eigenvalue weighted by molar-refractivity contribution is 0.767. The molecule has 0 bridgehead atoms. The van der Waals surface area contributed by atoms with Gasteiger partial charge in [-0.15, -0.1) is 5.10 Å². The molecule has 0 aliphatic rings. The molecule has 5 nitrogen and oxygen atoms in total. The van der Waals surface area contributed by atoms with Gasteiger partial charge in [0.1, 0.15) is 12.0 Å². The standard InChI is InChI=1S/C6H7N5/c1-11-4-7-6(10-11)5-2-3-8-9-5/h2-4H,1H3,(H,8,9). The van der Waals surface area contributed by atoms with Crippen LogP contribution < -0.4 is 0 Å². The summed E-state index contributed by atoms with van der Waals surface area (Å²) >= 11 is 0. The second-order valence-electron chi connectivity index (χ2n) is 2.21. The van der Waals surface area contributed by atoms with Crippen molar-refractivity contribution in [3.05, 3.63) is 18.6 Å². The number of hydrogen-bond acceptors (Lipinski definition) is 3. The van der Waals surface area contributed by atoms with Gasteiger partial charge in [0.2, 0.25) is 0 Å². The highest BCUT2D eigenvalue weighted by Gasteiger charge is 2.01. The second-order valence-corrected chi connectivity index (χ2v) is 2.21. The van der Waals surface area contributed by atoms with Crippen LogP contribution in [-0.2, 0) is 7.05 Å². The van der Waals surface area contributed by atoms with Crippen LogP contribution in [0.4, 0.5) is 0 Å². The monoisotopic (exact) mass is 149 g/mol. The predicted octanol–water partition coefficient (Wildman–Crippen LogP) is 0.205. The SMILES string of the molecule is Cn1cnc(-c2ccn[nH]2)n1. The highest BCUT2D eigenvalue weighted by molar-refractivity contribution is 5.46. The smallest absolute Gasteiger partial charge is 0.199 e. The fourth-order valence-electron chi connectivity index (χ4n) is 0.843. The van der Waals surface area contributed by atoms with Crippen LogP contribution in [-0.4, -0.2) is 25.0 Å². The maximum atomic E-state index is 4.09. The van der Waals surface area contributed by atoms with Crippen molar-refractivity contribution in [3.8, 4) is 11.5 Å². The summed E-state index contributed by atoms with van der Waals surface area (Å²) in [5, 5.41) is 10.7. The summed E-state index contributed by atoms with van der Waals surface area (Å²) in [7, 11) is 1.83. The highest BCUT2D eigenvalue weighted by Crippen LogP contribution is 2.07. The number of H-pyrrole nitrogens is 1. The Morgan fingerprint density at radius 3 is 3.00 bits per heavy atom. The minimum Gasteiger partial charge on any atom is -0.275 e. The third-order valence-corrected chi connectivity index (χ3v) is 1.34. The van der Waals surface area contributed by atoms with Crippen molar-refractivity contribution in [1.29, 1.82) is 0 Å². The van der Waals surface area contributed by atoms with Crippen molar-refractivity contribution >= 4 is 0 Å². The quantitative estimate of drug-likeness (QED) is 0.630. The first kappa shape index (κ1) is 6.09. The summed E-state index contributed by atoms with van der Waals surface area (Å²) in [6.07, 6.45) is 3.32. The fraction of sp³-hybridized carbons (Fsp3) is 0.167. The number of aryl methyl sites for hydroxylation is 1. The topological polar surface area (TPSA) is 59.4 Å². The first-order valence-corrected chi connectivity index (χ1v) is 3.21. The number of nitrogens with zero attached hydrogens (tertiary/aromatic N) is 4. The lowest BCUT2D eigenvalue weighted by Crippen LogP contribution is -1.87. The van der Waals surface area contributed by atoms with Crippen LogP contribution in [0.15, 0.2) is 18.6 Å². The Hall–Kier alpha value is -1.65. The van der Waals surface area contributed by atoms with E-state index in [1.165, 1.54) is 0 Å². The molecule has 5 heteroatoms. The van der Waals surface area contributed by atoms with E-state index >= 15 is 0 Å². The molecule has 0 aliphatic carbocycles. The fourth-order valence-corrected chi connectivity index (χ4v) is 0.843. The van der Waals surface area contributed by atoms with Gasteiger partial charge in [-0.3, -0.25) is 9.78 Å². The molecule has 0 unspecified atom stereocenters. The Bertz CT molecular complexity index is 333. The molecular formula is C6H7N5. The zero-order valence-electron chi connectivity index (χ0n) is 6.02. The van der Waals surface area contributed by atoms with E-state index in [4.69, 9.17) is 0 Å². The van der Waals surface area contributed by atoms with E-state index < -0.39 is 0 Å². The number of aromatic amines is 1. The van der Waals surface area contributed by atoms with Gasteiger partial charge >= 0.3 is 0 Å². The van der Waals surface area contributed by atoms with Crippen LogP contribution in [0, 0.1) is 0 Å². The zero-order chi connectivity index (χ0) is 7.68. The van der Waals surface area contributed by atoms with E-state index in [0.717, 1.165) is 5.69 Å². The van der Waals surface area contributed by atoms with E-state index in [1.807, 2.05) is 13.1 Å². The Kier molecular flexibility index (Phi) is 1.21. The largest absolute Gasteiger partial charge is 0.275 e.